The third kappa shape index (κ3) is 3.78. The summed E-state index contributed by atoms with van der Waals surface area (Å²) in [5.41, 5.74) is 1.04. The smallest absolute Gasteiger partial charge is 0.318 e. The van der Waals surface area contributed by atoms with E-state index >= 15 is 0 Å². The molecule has 0 unspecified atom stereocenters. The standard InChI is InChI=1S/C13H19NO4S/c1-4-11-5-7-12(8-6-11)19(17,18)14(10(2)3)9-13(15)16/h5-8,10H,4,9H2,1-3H3,(H,15,16). The number of carbonyl (C=O) groups is 1. The second kappa shape index (κ2) is 6.16. The Morgan fingerprint density at radius 3 is 2.16 bits per heavy atom. The van der Waals surface area contributed by atoms with Crippen LogP contribution >= 0.6 is 0 Å². The van der Waals surface area contributed by atoms with Crippen molar-refractivity contribution < 1.29 is 18.3 Å². The van der Waals surface area contributed by atoms with Crippen LogP contribution < -0.4 is 0 Å². The maximum Gasteiger partial charge on any atom is 0.318 e. The van der Waals surface area contributed by atoms with Crippen molar-refractivity contribution in [1.29, 1.82) is 0 Å². The molecule has 0 bridgehead atoms. The second-order valence-electron chi connectivity index (χ2n) is 4.54. The molecule has 5 nitrogen and oxygen atoms in total. The number of benzene rings is 1. The molecule has 0 aliphatic rings. The van der Waals surface area contributed by atoms with Crippen LogP contribution in [0.3, 0.4) is 0 Å². The fourth-order valence-corrected chi connectivity index (χ4v) is 3.30. The van der Waals surface area contributed by atoms with Gasteiger partial charge in [-0.25, -0.2) is 8.42 Å². The summed E-state index contributed by atoms with van der Waals surface area (Å²) in [6.45, 7) is 4.76. The number of carboxylic acids is 1. The first kappa shape index (κ1) is 15.7. The van der Waals surface area contributed by atoms with Gasteiger partial charge in [0, 0.05) is 6.04 Å². The number of rotatable bonds is 6. The number of hydrogen-bond donors (Lipinski definition) is 1. The van der Waals surface area contributed by atoms with Crippen LogP contribution in [0, 0.1) is 0 Å². The highest BCUT2D eigenvalue weighted by molar-refractivity contribution is 7.89. The van der Waals surface area contributed by atoms with Crippen LogP contribution in [0.15, 0.2) is 29.2 Å². The summed E-state index contributed by atoms with van der Waals surface area (Å²) in [6, 6.07) is 6.11. The van der Waals surface area contributed by atoms with Gasteiger partial charge in [0.05, 0.1) is 4.90 Å². The third-order valence-electron chi connectivity index (χ3n) is 2.81. The molecule has 0 radical (unpaired) electrons. The molecule has 1 aromatic rings. The van der Waals surface area contributed by atoms with Gasteiger partial charge in [0.1, 0.15) is 6.54 Å². The zero-order chi connectivity index (χ0) is 14.6. The molecule has 1 N–H and O–H groups in total. The first-order valence-electron chi connectivity index (χ1n) is 6.11. The Kier molecular flexibility index (Phi) is 5.08. The van der Waals surface area contributed by atoms with Crippen LogP contribution in [-0.2, 0) is 21.2 Å². The zero-order valence-electron chi connectivity index (χ0n) is 11.3. The molecular formula is C13H19NO4S. The predicted octanol–water partition coefficient (Wildman–Crippen LogP) is 1.73. The van der Waals surface area contributed by atoms with E-state index in [1.807, 2.05) is 6.92 Å². The molecule has 0 saturated carbocycles. The quantitative estimate of drug-likeness (QED) is 0.863. The Bertz CT molecular complexity index is 534. The number of nitrogens with zero attached hydrogens (tertiary/aromatic N) is 1. The monoisotopic (exact) mass is 285 g/mol. The Morgan fingerprint density at radius 1 is 1.26 bits per heavy atom. The molecule has 6 heteroatoms. The van der Waals surface area contributed by atoms with Gasteiger partial charge in [0.25, 0.3) is 0 Å². The fourth-order valence-electron chi connectivity index (χ4n) is 1.71. The molecule has 0 aliphatic carbocycles. The van der Waals surface area contributed by atoms with Crippen molar-refractivity contribution in [2.45, 2.75) is 38.1 Å². The van der Waals surface area contributed by atoms with Gasteiger partial charge in [-0.2, -0.15) is 4.31 Å². The van der Waals surface area contributed by atoms with Crippen LogP contribution in [0.25, 0.3) is 0 Å². The SMILES string of the molecule is CCc1ccc(S(=O)(=O)N(CC(=O)O)C(C)C)cc1. The van der Waals surface area contributed by atoms with Crippen molar-refractivity contribution in [1.82, 2.24) is 4.31 Å². The van der Waals surface area contributed by atoms with Gasteiger partial charge in [-0.1, -0.05) is 19.1 Å². The van der Waals surface area contributed by atoms with Crippen molar-refractivity contribution in [2.75, 3.05) is 6.54 Å². The molecular weight excluding hydrogens is 266 g/mol. The molecule has 0 fully saturated rings. The van der Waals surface area contributed by atoms with Crippen LogP contribution in [0.4, 0.5) is 0 Å². The number of sulfonamides is 1. The molecule has 0 atom stereocenters. The molecule has 0 saturated heterocycles. The molecule has 0 aromatic heterocycles. The molecule has 0 amide bonds. The summed E-state index contributed by atoms with van der Waals surface area (Å²) in [7, 11) is -3.77. The minimum atomic E-state index is -3.77. The molecule has 106 valence electrons. The number of aryl methyl sites for hydroxylation is 1. The Labute approximate surface area is 113 Å². The van der Waals surface area contributed by atoms with Crippen molar-refractivity contribution in [3.05, 3.63) is 29.8 Å². The third-order valence-corrected chi connectivity index (χ3v) is 4.84. The number of carboxylic acid groups (broad SMARTS) is 1. The number of hydrogen-bond acceptors (Lipinski definition) is 3. The van der Waals surface area contributed by atoms with E-state index in [0.717, 1.165) is 16.3 Å². The average molecular weight is 285 g/mol. The lowest BCUT2D eigenvalue weighted by Crippen LogP contribution is -2.40. The van der Waals surface area contributed by atoms with E-state index in [4.69, 9.17) is 5.11 Å². The van der Waals surface area contributed by atoms with Crippen LogP contribution in [-0.4, -0.2) is 36.4 Å². The topological polar surface area (TPSA) is 74.7 Å². The summed E-state index contributed by atoms with van der Waals surface area (Å²) < 4.78 is 25.7. The lowest BCUT2D eigenvalue weighted by molar-refractivity contribution is -0.137. The molecule has 1 rings (SSSR count). The predicted molar refractivity (Wildman–Crippen MR) is 72.5 cm³/mol. The van der Waals surface area contributed by atoms with Gasteiger partial charge in [-0.15, -0.1) is 0 Å². The van der Waals surface area contributed by atoms with E-state index < -0.39 is 28.6 Å². The minimum Gasteiger partial charge on any atom is -0.480 e. The Hall–Kier alpha value is -1.40. The molecule has 1 aromatic carbocycles. The Balaban J connectivity index is 3.14. The summed E-state index contributed by atoms with van der Waals surface area (Å²) >= 11 is 0. The zero-order valence-corrected chi connectivity index (χ0v) is 12.1. The lowest BCUT2D eigenvalue weighted by atomic mass is 10.2. The lowest BCUT2D eigenvalue weighted by Gasteiger charge is -2.24. The van der Waals surface area contributed by atoms with Gasteiger partial charge >= 0.3 is 5.97 Å². The van der Waals surface area contributed by atoms with Gasteiger partial charge in [-0.05, 0) is 38.0 Å². The molecule has 0 aliphatic heterocycles. The van der Waals surface area contributed by atoms with Crippen LogP contribution in [0.2, 0.25) is 0 Å². The fraction of sp³-hybridized carbons (Fsp3) is 0.462. The van der Waals surface area contributed by atoms with Crippen molar-refractivity contribution >= 4 is 16.0 Å². The summed E-state index contributed by atoms with van der Waals surface area (Å²) in [5, 5.41) is 8.82. The maximum absolute atomic E-state index is 12.4. The summed E-state index contributed by atoms with van der Waals surface area (Å²) in [5.74, 6) is -1.16. The van der Waals surface area contributed by atoms with E-state index in [0.29, 0.717) is 0 Å². The second-order valence-corrected chi connectivity index (χ2v) is 6.43. The largest absolute Gasteiger partial charge is 0.480 e. The molecule has 0 heterocycles. The van der Waals surface area contributed by atoms with Crippen LogP contribution in [0.1, 0.15) is 26.3 Å². The van der Waals surface area contributed by atoms with Crippen molar-refractivity contribution in [3.8, 4) is 0 Å². The average Bonchev–Trinajstić information content (AvgIpc) is 2.35. The van der Waals surface area contributed by atoms with E-state index in [2.05, 4.69) is 0 Å². The highest BCUT2D eigenvalue weighted by atomic mass is 32.2. The first-order valence-corrected chi connectivity index (χ1v) is 7.55. The van der Waals surface area contributed by atoms with Crippen LogP contribution in [0.5, 0.6) is 0 Å². The van der Waals surface area contributed by atoms with E-state index in [9.17, 15) is 13.2 Å². The first-order chi connectivity index (χ1) is 8.78. The molecule has 0 spiro atoms. The van der Waals surface area contributed by atoms with Crippen molar-refractivity contribution in [3.63, 3.8) is 0 Å². The normalized spacial score (nSPS) is 12.1. The Morgan fingerprint density at radius 2 is 1.79 bits per heavy atom. The van der Waals surface area contributed by atoms with Gasteiger partial charge in [0.15, 0.2) is 0 Å². The van der Waals surface area contributed by atoms with E-state index in [-0.39, 0.29) is 4.90 Å². The van der Waals surface area contributed by atoms with E-state index in [1.165, 1.54) is 12.1 Å². The highest BCUT2D eigenvalue weighted by Gasteiger charge is 2.28. The van der Waals surface area contributed by atoms with E-state index in [1.54, 1.807) is 26.0 Å². The number of aliphatic carboxylic acids is 1. The summed E-state index contributed by atoms with van der Waals surface area (Å²) in [4.78, 5) is 10.9. The minimum absolute atomic E-state index is 0.125. The highest BCUT2D eigenvalue weighted by Crippen LogP contribution is 2.18. The van der Waals surface area contributed by atoms with Crippen molar-refractivity contribution in [2.24, 2.45) is 0 Å². The van der Waals surface area contributed by atoms with Gasteiger partial charge < -0.3 is 5.11 Å². The van der Waals surface area contributed by atoms with Gasteiger partial charge in [0.2, 0.25) is 10.0 Å². The van der Waals surface area contributed by atoms with Gasteiger partial charge in [-0.3, -0.25) is 4.79 Å². The molecule has 19 heavy (non-hydrogen) atoms. The maximum atomic E-state index is 12.4. The summed E-state index contributed by atoms with van der Waals surface area (Å²) in [6.07, 6.45) is 0.823.